The second kappa shape index (κ2) is 8.22. The molecule has 4 rings (SSSR count). The Hall–Kier alpha value is -3.29. The molecule has 30 heavy (non-hydrogen) atoms. The van der Waals surface area contributed by atoms with Gasteiger partial charge in [-0.1, -0.05) is 18.2 Å². The Balaban J connectivity index is 1.45. The number of hydrogen-bond acceptors (Lipinski definition) is 3. The van der Waals surface area contributed by atoms with Gasteiger partial charge in [0.15, 0.2) is 0 Å². The van der Waals surface area contributed by atoms with E-state index >= 15 is 0 Å². The smallest absolute Gasteiger partial charge is 0.339 e. The lowest BCUT2D eigenvalue weighted by Crippen LogP contribution is -2.38. The zero-order valence-electron chi connectivity index (χ0n) is 16.6. The predicted molar refractivity (Wildman–Crippen MR) is 107 cm³/mol. The van der Waals surface area contributed by atoms with Crippen molar-refractivity contribution in [3.8, 4) is 0 Å². The molecule has 3 aromatic rings. The summed E-state index contributed by atoms with van der Waals surface area (Å²) < 4.78 is 28.5. The van der Waals surface area contributed by atoms with Crippen LogP contribution in [0.4, 0.5) is 8.78 Å². The van der Waals surface area contributed by atoms with Gasteiger partial charge in [-0.15, -0.1) is 0 Å². The first kappa shape index (κ1) is 20.0. The third kappa shape index (κ3) is 4.03. The van der Waals surface area contributed by atoms with Crippen molar-refractivity contribution in [3.63, 3.8) is 0 Å². The second-order valence-electron chi connectivity index (χ2n) is 7.63. The molecule has 1 aliphatic heterocycles. The lowest BCUT2D eigenvalue weighted by atomic mass is 9.95. The number of aryl methyl sites for hydroxylation is 1. The van der Waals surface area contributed by atoms with Gasteiger partial charge in [0.2, 0.25) is 0 Å². The van der Waals surface area contributed by atoms with E-state index in [0.29, 0.717) is 49.4 Å². The summed E-state index contributed by atoms with van der Waals surface area (Å²) in [7, 11) is 0. The largest absolute Gasteiger partial charge is 0.343 e. The summed E-state index contributed by atoms with van der Waals surface area (Å²) in [4.78, 5) is 26.6. The molecule has 2 heterocycles. The van der Waals surface area contributed by atoms with Crippen LogP contribution in [0.25, 0.3) is 0 Å². The topological polar surface area (TPSA) is 71.0 Å². The maximum atomic E-state index is 13.8. The van der Waals surface area contributed by atoms with Crippen molar-refractivity contribution < 1.29 is 13.6 Å². The quantitative estimate of drug-likeness (QED) is 0.715. The number of aromatic nitrogens is 3. The van der Waals surface area contributed by atoms with Gasteiger partial charge in [-0.25, -0.2) is 18.7 Å². The molecule has 156 valence electrons. The number of halogens is 2. The zero-order chi connectivity index (χ0) is 21.3. The lowest BCUT2D eigenvalue weighted by molar-refractivity contribution is 0.0709. The molecule has 1 amide bonds. The minimum Gasteiger partial charge on any atom is -0.339 e. The summed E-state index contributed by atoms with van der Waals surface area (Å²) >= 11 is 0. The van der Waals surface area contributed by atoms with Gasteiger partial charge in [-0.3, -0.25) is 9.36 Å². The number of hydrogen-bond donors (Lipinski definition) is 1. The fraction of sp³-hybridized carbons (Fsp3) is 0.318. The van der Waals surface area contributed by atoms with Crippen molar-refractivity contribution in [3.05, 3.63) is 87.1 Å². The van der Waals surface area contributed by atoms with Gasteiger partial charge in [0.05, 0.1) is 6.54 Å². The molecule has 2 aromatic carbocycles. The van der Waals surface area contributed by atoms with E-state index in [1.807, 2.05) is 0 Å². The monoisotopic (exact) mass is 412 g/mol. The Kier molecular flexibility index (Phi) is 5.48. The molecule has 0 radical (unpaired) electrons. The van der Waals surface area contributed by atoms with Gasteiger partial charge < -0.3 is 4.90 Å². The molecule has 1 N–H and O–H groups in total. The highest BCUT2D eigenvalue weighted by Gasteiger charge is 2.28. The Morgan fingerprint density at radius 2 is 1.83 bits per heavy atom. The van der Waals surface area contributed by atoms with Gasteiger partial charge in [-0.2, -0.15) is 5.10 Å². The van der Waals surface area contributed by atoms with E-state index in [1.54, 1.807) is 40.7 Å². The van der Waals surface area contributed by atoms with Gasteiger partial charge in [0.1, 0.15) is 17.5 Å². The van der Waals surface area contributed by atoms with E-state index in [0.717, 1.165) is 5.56 Å². The Bertz CT molecular complexity index is 1110. The third-order valence-corrected chi connectivity index (χ3v) is 5.61. The normalized spacial score (nSPS) is 14.8. The first-order chi connectivity index (χ1) is 14.4. The molecule has 0 saturated carbocycles. The number of aromatic amines is 1. The summed E-state index contributed by atoms with van der Waals surface area (Å²) in [5.41, 5.74) is 1.32. The van der Waals surface area contributed by atoms with Crippen LogP contribution in [0.2, 0.25) is 0 Å². The second-order valence-corrected chi connectivity index (χ2v) is 7.63. The van der Waals surface area contributed by atoms with Crippen LogP contribution in [-0.4, -0.2) is 38.7 Å². The fourth-order valence-corrected chi connectivity index (χ4v) is 3.82. The summed E-state index contributed by atoms with van der Waals surface area (Å²) in [5.74, 6) is -0.264. The van der Waals surface area contributed by atoms with Gasteiger partial charge in [0, 0.05) is 24.6 Å². The number of likely N-dealkylation sites (tertiary alicyclic amines) is 1. The number of rotatable bonds is 4. The number of nitrogens with one attached hydrogen (secondary N) is 1. The minimum atomic E-state index is -0.392. The molecule has 0 unspecified atom stereocenters. The molecule has 8 heteroatoms. The number of carbonyl (C=O) groups excluding carboxylic acids is 1. The molecule has 0 atom stereocenters. The zero-order valence-corrected chi connectivity index (χ0v) is 16.6. The number of H-pyrrole nitrogens is 1. The van der Waals surface area contributed by atoms with Gasteiger partial charge in [0.25, 0.3) is 5.91 Å². The Labute approximate surface area is 172 Å². The molecule has 1 saturated heterocycles. The number of amides is 1. The van der Waals surface area contributed by atoms with E-state index in [-0.39, 0.29) is 23.3 Å². The molecule has 1 fully saturated rings. The third-order valence-electron chi connectivity index (χ3n) is 5.61. The van der Waals surface area contributed by atoms with Crippen LogP contribution in [-0.2, 0) is 6.54 Å². The van der Waals surface area contributed by atoms with Crippen LogP contribution >= 0.6 is 0 Å². The number of piperidine rings is 1. The average molecular weight is 412 g/mol. The van der Waals surface area contributed by atoms with Crippen molar-refractivity contribution in [2.45, 2.75) is 32.2 Å². The van der Waals surface area contributed by atoms with Crippen LogP contribution in [0.15, 0.2) is 47.3 Å². The van der Waals surface area contributed by atoms with E-state index in [2.05, 4.69) is 10.2 Å². The van der Waals surface area contributed by atoms with Crippen molar-refractivity contribution >= 4 is 5.91 Å². The van der Waals surface area contributed by atoms with Crippen LogP contribution in [0.5, 0.6) is 0 Å². The molecular formula is C22H22F2N4O2. The van der Waals surface area contributed by atoms with Crippen LogP contribution in [0.1, 0.15) is 46.1 Å². The van der Waals surface area contributed by atoms with Crippen molar-refractivity contribution in [2.75, 3.05) is 13.1 Å². The van der Waals surface area contributed by atoms with Gasteiger partial charge in [-0.05, 0) is 55.2 Å². The lowest BCUT2D eigenvalue weighted by Gasteiger charge is -2.31. The molecule has 1 aliphatic rings. The molecular weight excluding hydrogens is 390 g/mol. The average Bonchev–Trinajstić information content (AvgIpc) is 3.11. The van der Waals surface area contributed by atoms with Crippen molar-refractivity contribution in [1.29, 1.82) is 0 Å². The molecule has 6 nitrogen and oxygen atoms in total. The van der Waals surface area contributed by atoms with Crippen molar-refractivity contribution in [1.82, 2.24) is 19.7 Å². The highest BCUT2D eigenvalue weighted by Crippen LogP contribution is 2.27. The standard InChI is InChI=1S/C22H22F2N4O2/c1-14-2-5-17(12-19(14)24)21(29)27-10-8-16(9-11-27)20-25-26-22(30)28(20)13-15-3-6-18(23)7-4-15/h2-7,12,16H,8-11,13H2,1H3,(H,26,30). The first-order valence-corrected chi connectivity index (χ1v) is 9.87. The summed E-state index contributed by atoms with van der Waals surface area (Å²) in [5, 5.41) is 6.70. The van der Waals surface area contributed by atoms with Crippen LogP contribution < -0.4 is 5.69 Å². The molecule has 0 aliphatic carbocycles. The summed E-state index contributed by atoms with van der Waals surface area (Å²) in [6.07, 6.45) is 1.29. The molecule has 0 spiro atoms. The highest BCUT2D eigenvalue weighted by atomic mass is 19.1. The molecule has 1 aromatic heterocycles. The van der Waals surface area contributed by atoms with Crippen molar-refractivity contribution in [2.24, 2.45) is 0 Å². The number of carbonyl (C=O) groups is 1. The highest BCUT2D eigenvalue weighted by molar-refractivity contribution is 5.94. The fourth-order valence-electron chi connectivity index (χ4n) is 3.82. The maximum absolute atomic E-state index is 13.8. The van der Waals surface area contributed by atoms with E-state index in [1.165, 1.54) is 18.2 Å². The summed E-state index contributed by atoms with van der Waals surface area (Å²) in [6, 6.07) is 10.5. The maximum Gasteiger partial charge on any atom is 0.343 e. The number of benzene rings is 2. The summed E-state index contributed by atoms with van der Waals surface area (Å²) in [6.45, 7) is 2.95. The first-order valence-electron chi connectivity index (χ1n) is 9.87. The molecule has 0 bridgehead atoms. The SMILES string of the molecule is Cc1ccc(C(=O)N2CCC(c3n[nH]c(=O)n3Cc3ccc(F)cc3)CC2)cc1F. The van der Waals surface area contributed by atoms with E-state index in [4.69, 9.17) is 0 Å². The van der Waals surface area contributed by atoms with Crippen LogP contribution in [0, 0.1) is 18.6 Å². The van der Waals surface area contributed by atoms with E-state index in [9.17, 15) is 18.4 Å². The van der Waals surface area contributed by atoms with Crippen LogP contribution in [0.3, 0.4) is 0 Å². The minimum absolute atomic E-state index is 0.0169. The Morgan fingerprint density at radius 1 is 1.13 bits per heavy atom. The van der Waals surface area contributed by atoms with E-state index < -0.39 is 5.82 Å². The number of nitrogens with zero attached hydrogens (tertiary/aromatic N) is 3. The predicted octanol–water partition coefficient (Wildman–Crippen LogP) is 3.23. The van der Waals surface area contributed by atoms with Gasteiger partial charge >= 0.3 is 5.69 Å². The Morgan fingerprint density at radius 3 is 2.50 bits per heavy atom.